The summed E-state index contributed by atoms with van der Waals surface area (Å²) in [6.07, 6.45) is 3.71. The molecule has 0 spiro atoms. The second kappa shape index (κ2) is 8.60. The second-order valence-corrected chi connectivity index (χ2v) is 7.22. The summed E-state index contributed by atoms with van der Waals surface area (Å²) in [5.41, 5.74) is 0. The molecular weight excluding hydrogens is 298 g/mol. The van der Waals surface area contributed by atoms with Crippen LogP contribution in [0.1, 0.15) is 41.9 Å². The van der Waals surface area contributed by atoms with Crippen LogP contribution in [0.15, 0.2) is 6.20 Å². The van der Waals surface area contributed by atoms with Gasteiger partial charge in [-0.15, -0.1) is 11.3 Å². The van der Waals surface area contributed by atoms with Crippen molar-refractivity contribution in [3.05, 3.63) is 16.1 Å². The highest BCUT2D eigenvalue weighted by molar-refractivity contribution is 7.13. The van der Waals surface area contributed by atoms with Crippen LogP contribution in [0.4, 0.5) is 0 Å². The van der Waals surface area contributed by atoms with E-state index in [1.54, 1.807) is 6.20 Å². The Balaban J connectivity index is 1.92. The number of thiazole rings is 1. The number of nitrogens with zero attached hydrogens (tertiary/aromatic N) is 2. The van der Waals surface area contributed by atoms with Crippen molar-refractivity contribution in [1.82, 2.24) is 15.2 Å². The van der Waals surface area contributed by atoms with Crippen molar-refractivity contribution in [3.8, 4) is 0 Å². The van der Waals surface area contributed by atoms with Crippen LogP contribution in [-0.4, -0.2) is 54.7 Å². The van der Waals surface area contributed by atoms with Gasteiger partial charge in [-0.3, -0.25) is 9.69 Å². The monoisotopic (exact) mass is 325 g/mol. The molecule has 0 aromatic carbocycles. The number of hydrogen-bond donors (Lipinski definition) is 1. The molecular formula is C16H27N3O2S. The fourth-order valence-corrected chi connectivity index (χ4v) is 3.39. The van der Waals surface area contributed by atoms with E-state index < -0.39 is 0 Å². The van der Waals surface area contributed by atoms with E-state index in [0.29, 0.717) is 5.92 Å². The van der Waals surface area contributed by atoms with Crippen LogP contribution in [-0.2, 0) is 11.2 Å². The predicted molar refractivity (Wildman–Crippen MR) is 89.5 cm³/mol. The van der Waals surface area contributed by atoms with Crippen LogP contribution in [0.2, 0.25) is 0 Å². The van der Waals surface area contributed by atoms with Crippen LogP contribution in [0.3, 0.4) is 0 Å². The van der Waals surface area contributed by atoms with E-state index in [0.717, 1.165) is 55.6 Å². The quantitative estimate of drug-likeness (QED) is 0.835. The summed E-state index contributed by atoms with van der Waals surface area (Å²) in [5.74, 6) is 0.404. The van der Waals surface area contributed by atoms with Crippen molar-refractivity contribution in [3.63, 3.8) is 0 Å². The Bertz CT molecular complexity index is 470. The molecule has 6 heteroatoms. The minimum atomic E-state index is 0.00631. The molecule has 1 N–H and O–H groups in total. The lowest BCUT2D eigenvalue weighted by Crippen LogP contribution is -2.49. The van der Waals surface area contributed by atoms with E-state index in [4.69, 9.17) is 4.74 Å². The summed E-state index contributed by atoms with van der Waals surface area (Å²) in [5, 5.41) is 4.23. The average molecular weight is 325 g/mol. The van der Waals surface area contributed by atoms with E-state index in [2.05, 4.69) is 36.0 Å². The Kier molecular flexibility index (Phi) is 6.79. The molecule has 0 bridgehead atoms. The number of carbonyl (C=O) groups is 1. The summed E-state index contributed by atoms with van der Waals surface area (Å²) < 4.78 is 5.38. The van der Waals surface area contributed by atoms with Gasteiger partial charge in [0.15, 0.2) is 0 Å². The Morgan fingerprint density at radius 1 is 1.45 bits per heavy atom. The maximum Gasteiger partial charge on any atom is 0.263 e. The number of ether oxygens (including phenoxy) is 1. The van der Waals surface area contributed by atoms with Gasteiger partial charge in [0.1, 0.15) is 4.88 Å². The Morgan fingerprint density at radius 3 is 2.82 bits per heavy atom. The number of nitrogens with one attached hydrogen (secondary N) is 1. The molecule has 0 aliphatic carbocycles. The first-order valence-corrected chi connectivity index (χ1v) is 8.97. The number of carbonyl (C=O) groups excluding carboxylic acids is 1. The third kappa shape index (κ3) is 5.04. The first kappa shape index (κ1) is 17.4. The molecule has 1 atom stereocenters. The molecule has 1 aromatic rings. The van der Waals surface area contributed by atoms with Gasteiger partial charge in [-0.1, -0.05) is 20.8 Å². The topological polar surface area (TPSA) is 54.5 Å². The van der Waals surface area contributed by atoms with Gasteiger partial charge in [-0.25, -0.2) is 4.98 Å². The van der Waals surface area contributed by atoms with Crippen LogP contribution in [0.25, 0.3) is 0 Å². The van der Waals surface area contributed by atoms with Crippen molar-refractivity contribution in [2.24, 2.45) is 5.92 Å². The van der Waals surface area contributed by atoms with Gasteiger partial charge >= 0.3 is 0 Å². The highest BCUT2D eigenvalue weighted by Crippen LogP contribution is 2.15. The standard InChI is InChI=1S/C16H27N3O2S/c1-4-5-15-17-10-14(22-15)16(20)18-13(12(2)3)11-19-6-8-21-9-7-19/h10,12-13H,4-9,11H2,1-3H3,(H,18,20). The van der Waals surface area contributed by atoms with Gasteiger partial charge in [-0.05, 0) is 18.8 Å². The molecule has 1 aliphatic heterocycles. The van der Waals surface area contributed by atoms with Crippen LogP contribution in [0.5, 0.6) is 0 Å². The molecule has 0 radical (unpaired) electrons. The zero-order valence-corrected chi connectivity index (χ0v) is 14.6. The predicted octanol–water partition coefficient (Wildman–Crippen LogP) is 2.18. The summed E-state index contributed by atoms with van der Waals surface area (Å²) >= 11 is 1.51. The number of rotatable bonds is 7. The van der Waals surface area contributed by atoms with Crippen LogP contribution in [0, 0.1) is 5.92 Å². The highest BCUT2D eigenvalue weighted by Gasteiger charge is 2.22. The SMILES string of the molecule is CCCc1ncc(C(=O)NC(CN2CCOCC2)C(C)C)s1. The molecule has 1 saturated heterocycles. The van der Waals surface area contributed by atoms with Gasteiger partial charge in [-0.2, -0.15) is 0 Å². The third-order valence-corrected chi connectivity index (χ3v) is 4.98. The Hall–Kier alpha value is -0.980. The van der Waals surface area contributed by atoms with Crippen molar-refractivity contribution in [1.29, 1.82) is 0 Å². The molecule has 5 nitrogen and oxygen atoms in total. The highest BCUT2D eigenvalue weighted by atomic mass is 32.1. The number of hydrogen-bond acceptors (Lipinski definition) is 5. The zero-order chi connectivity index (χ0) is 15.9. The number of morpholine rings is 1. The van der Waals surface area contributed by atoms with Gasteiger partial charge in [0.25, 0.3) is 5.91 Å². The van der Waals surface area contributed by atoms with Crippen molar-refractivity contribution >= 4 is 17.2 Å². The largest absolute Gasteiger partial charge is 0.379 e. The zero-order valence-electron chi connectivity index (χ0n) is 13.8. The van der Waals surface area contributed by atoms with Gasteiger partial charge in [0.2, 0.25) is 0 Å². The molecule has 1 aromatic heterocycles. The second-order valence-electron chi connectivity index (χ2n) is 6.11. The summed E-state index contributed by atoms with van der Waals surface area (Å²) in [7, 11) is 0. The molecule has 1 unspecified atom stereocenters. The smallest absolute Gasteiger partial charge is 0.263 e. The van der Waals surface area contributed by atoms with Gasteiger partial charge in [0.05, 0.1) is 24.4 Å². The van der Waals surface area contributed by atoms with Crippen molar-refractivity contribution in [2.45, 2.75) is 39.7 Å². The molecule has 1 amide bonds. The number of aromatic nitrogens is 1. The number of aryl methyl sites for hydroxylation is 1. The molecule has 124 valence electrons. The van der Waals surface area contributed by atoms with E-state index in [1.807, 2.05) is 0 Å². The molecule has 1 aliphatic rings. The van der Waals surface area contributed by atoms with Gasteiger partial charge < -0.3 is 10.1 Å². The number of amides is 1. The minimum absolute atomic E-state index is 0.00631. The molecule has 1 fully saturated rings. The van der Waals surface area contributed by atoms with Gasteiger partial charge in [0, 0.05) is 25.7 Å². The average Bonchev–Trinajstić information content (AvgIpc) is 2.96. The summed E-state index contributed by atoms with van der Waals surface area (Å²) in [4.78, 5) is 19.8. The fraction of sp³-hybridized carbons (Fsp3) is 0.750. The van der Waals surface area contributed by atoms with E-state index in [9.17, 15) is 4.79 Å². The van der Waals surface area contributed by atoms with E-state index in [-0.39, 0.29) is 11.9 Å². The van der Waals surface area contributed by atoms with Crippen LogP contribution >= 0.6 is 11.3 Å². The summed E-state index contributed by atoms with van der Waals surface area (Å²) in [6.45, 7) is 10.8. The summed E-state index contributed by atoms with van der Waals surface area (Å²) in [6, 6.07) is 0.155. The van der Waals surface area contributed by atoms with Crippen LogP contribution < -0.4 is 5.32 Å². The third-order valence-electron chi connectivity index (χ3n) is 3.92. The fourth-order valence-electron chi connectivity index (χ4n) is 2.47. The first-order valence-electron chi connectivity index (χ1n) is 8.15. The van der Waals surface area contributed by atoms with E-state index >= 15 is 0 Å². The minimum Gasteiger partial charge on any atom is -0.379 e. The lowest BCUT2D eigenvalue weighted by molar-refractivity contribution is 0.0308. The molecule has 2 rings (SSSR count). The molecule has 22 heavy (non-hydrogen) atoms. The lowest BCUT2D eigenvalue weighted by Gasteiger charge is -2.32. The Labute approximate surface area is 137 Å². The van der Waals surface area contributed by atoms with Crippen molar-refractivity contribution in [2.75, 3.05) is 32.8 Å². The maximum absolute atomic E-state index is 12.4. The molecule has 0 saturated carbocycles. The normalized spacial score (nSPS) is 17.6. The maximum atomic E-state index is 12.4. The Morgan fingerprint density at radius 2 is 2.18 bits per heavy atom. The van der Waals surface area contributed by atoms with E-state index in [1.165, 1.54) is 11.3 Å². The lowest BCUT2D eigenvalue weighted by atomic mass is 10.0. The first-order chi connectivity index (χ1) is 10.6. The molecule has 2 heterocycles. The van der Waals surface area contributed by atoms with Crippen molar-refractivity contribution < 1.29 is 9.53 Å².